The molecule has 0 bridgehead atoms. The lowest BCUT2D eigenvalue weighted by Gasteiger charge is -2.26. The minimum Gasteiger partial charge on any atom is -0.507 e. The van der Waals surface area contributed by atoms with E-state index in [1.807, 2.05) is 32.0 Å². The smallest absolute Gasteiger partial charge is 0.295 e. The van der Waals surface area contributed by atoms with Gasteiger partial charge in [-0.2, -0.15) is 0 Å². The van der Waals surface area contributed by atoms with Crippen LogP contribution < -0.4 is 9.47 Å². The quantitative estimate of drug-likeness (QED) is 0.208. The minimum absolute atomic E-state index is 0.0142. The molecule has 1 fully saturated rings. The average Bonchev–Trinajstić information content (AvgIpc) is 3.09. The van der Waals surface area contributed by atoms with E-state index in [0.717, 1.165) is 24.9 Å². The van der Waals surface area contributed by atoms with E-state index in [0.29, 0.717) is 36.4 Å². The summed E-state index contributed by atoms with van der Waals surface area (Å²) < 4.78 is 11.0. The van der Waals surface area contributed by atoms with Crippen LogP contribution in [0, 0.1) is 6.92 Å². The fraction of sp³-hybridized carbons (Fsp3) is 0.429. The van der Waals surface area contributed by atoms with Crippen molar-refractivity contribution >= 4 is 17.4 Å². The number of aliphatic hydroxyl groups is 1. The van der Waals surface area contributed by atoms with Crippen LogP contribution in [-0.2, 0) is 9.59 Å². The maximum Gasteiger partial charge on any atom is 0.295 e. The summed E-state index contributed by atoms with van der Waals surface area (Å²) in [6.45, 7) is 5.57. The number of aliphatic hydroxyl groups excluding tert-OH is 1. The van der Waals surface area contributed by atoms with Gasteiger partial charge in [0.1, 0.15) is 11.5 Å². The summed E-state index contributed by atoms with van der Waals surface area (Å²) in [5.41, 5.74) is 1.76. The van der Waals surface area contributed by atoms with Crippen LogP contribution in [0.1, 0.15) is 48.9 Å². The molecular formula is C28H36N2O6. The second-order valence-electron chi connectivity index (χ2n) is 9.26. The fourth-order valence-electron chi connectivity index (χ4n) is 4.35. The first-order valence-electron chi connectivity index (χ1n) is 12.2. The molecule has 2 N–H and O–H groups in total. The van der Waals surface area contributed by atoms with Gasteiger partial charge in [-0.15, -0.1) is 0 Å². The second kappa shape index (κ2) is 11.9. The summed E-state index contributed by atoms with van der Waals surface area (Å²) in [4.78, 5) is 29.9. The van der Waals surface area contributed by atoms with Crippen LogP contribution in [0.4, 0.5) is 0 Å². The number of phenolic OH excluding ortho intramolecular Hbond substituents is 1. The zero-order valence-corrected chi connectivity index (χ0v) is 21.7. The zero-order chi connectivity index (χ0) is 26.4. The van der Waals surface area contributed by atoms with Gasteiger partial charge in [-0.25, -0.2) is 0 Å². The second-order valence-corrected chi connectivity index (χ2v) is 9.26. The zero-order valence-electron chi connectivity index (χ0n) is 21.7. The predicted molar refractivity (Wildman–Crippen MR) is 138 cm³/mol. The number of ketones is 1. The lowest BCUT2D eigenvalue weighted by molar-refractivity contribution is -0.139. The predicted octanol–water partition coefficient (Wildman–Crippen LogP) is 4.26. The lowest BCUT2D eigenvalue weighted by atomic mass is 9.93. The molecule has 1 amide bonds. The number of carbonyl (C=O) groups excluding carboxylic acids is 2. The van der Waals surface area contributed by atoms with Gasteiger partial charge in [-0.3, -0.25) is 9.59 Å². The monoisotopic (exact) mass is 496 g/mol. The largest absolute Gasteiger partial charge is 0.507 e. The molecule has 2 aromatic rings. The Hall–Kier alpha value is -3.52. The van der Waals surface area contributed by atoms with Crippen molar-refractivity contribution in [2.75, 3.05) is 40.9 Å². The molecule has 0 aromatic heterocycles. The molecule has 0 saturated carbocycles. The molecule has 1 heterocycles. The molecule has 2 aromatic carbocycles. The Labute approximate surface area is 212 Å². The number of hydrogen-bond donors (Lipinski definition) is 2. The molecule has 1 saturated heterocycles. The third kappa shape index (κ3) is 5.82. The topological polar surface area (TPSA) is 99.5 Å². The van der Waals surface area contributed by atoms with Gasteiger partial charge in [0.05, 0.1) is 25.3 Å². The van der Waals surface area contributed by atoms with Crippen LogP contribution in [0.2, 0.25) is 0 Å². The fourth-order valence-corrected chi connectivity index (χ4v) is 4.35. The summed E-state index contributed by atoms with van der Waals surface area (Å²) in [5.74, 6) is -0.794. The number of carbonyl (C=O) groups is 2. The van der Waals surface area contributed by atoms with Gasteiger partial charge in [-0.1, -0.05) is 19.4 Å². The van der Waals surface area contributed by atoms with Gasteiger partial charge in [0.25, 0.3) is 11.7 Å². The molecule has 194 valence electrons. The molecular weight excluding hydrogens is 460 g/mol. The van der Waals surface area contributed by atoms with E-state index in [-0.39, 0.29) is 22.8 Å². The van der Waals surface area contributed by atoms with E-state index in [1.165, 1.54) is 18.1 Å². The van der Waals surface area contributed by atoms with Gasteiger partial charge in [-0.05, 0) is 81.9 Å². The van der Waals surface area contributed by atoms with Crippen molar-refractivity contribution in [1.29, 1.82) is 0 Å². The van der Waals surface area contributed by atoms with Crippen molar-refractivity contribution in [2.45, 2.75) is 39.2 Å². The number of ether oxygens (including phenoxy) is 2. The highest BCUT2D eigenvalue weighted by atomic mass is 16.5. The number of rotatable bonds is 11. The molecule has 1 aliphatic rings. The summed E-state index contributed by atoms with van der Waals surface area (Å²) in [6.07, 6.45) is 2.61. The van der Waals surface area contributed by atoms with E-state index in [2.05, 4.69) is 6.92 Å². The molecule has 0 aliphatic carbocycles. The highest BCUT2D eigenvalue weighted by Gasteiger charge is 2.46. The number of methoxy groups -OCH3 is 1. The summed E-state index contributed by atoms with van der Waals surface area (Å²) >= 11 is 0. The molecule has 0 spiro atoms. The molecule has 8 heteroatoms. The molecule has 36 heavy (non-hydrogen) atoms. The van der Waals surface area contributed by atoms with E-state index < -0.39 is 17.7 Å². The van der Waals surface area contributed by atoms with Gasteiger partial charge in [0, 0.05) is 12.1 Å². The first-order chi connectivity index (χ1) is 17.2. The van der Waals surface area contributed by atoms with Crippen molar-refractivity contribution in [3.05, 3.63) is 58.7 Å². The highest BCUT2D eigenvalue weighted by Crippen LogP contribution is 2.42. The SMILES string of the molecule is CCCCOc1ccc(/C(O)=C2\C(=O)C(=O)N(CCCN(C)C)[C@@H]2c2ccc(O)c(OC)c2)c(C)c1. The van der Waals surface area contributed by atoms with E-state index in [9.17, 15) is 19.8 Å². The van der Waals surface area contributed by atoms with Gasteiger partial charge in [0.2, 0.25) is 0 Å². The third-order valence-corrected chi connectivity index (χ3v) is 6.28. The Kier molecular flexibility index (Phi) is 8.98. The first-order valence-corrected chi connectivity index (χ1v) is 12.2. The van der Waals surface area contributed by atoms with Crippen molar-refractivity contribution in [3.63, 3.8) is 0 Å². The minimum atomic E-state index is -0.818. The van der Waals surface area contributed by atoms with E-state index in [4.69, 9.17) is 9.47 Å². The molecule has 1 atom stereocenters. The van der Waals surface area contributed by atoms with Crippen molar-refractivity contribution in [3.8, 4) is 17.2 Å². The Morgan fingerprint density at radius 1 is 1.11 bits per heavy atom. The number of benzene rings is 2. The normalized spacial score (nSPS) is 17.2. The first kappa shape index (κ1) is 27.1. The number of amides is 1. The average molecular weight is 497 g/mol. The number of nitrogens with zero attached hydrogens (tertiary/aromatic N) is 2. The van der Waals surface area contributed by atoms with Crippen LogP contribution in [-0.4, -0.2) is 72.6 Å². The Balaban J connectivity index is 2.08. The summed E-state index contributed by atoms with van der Waals surface area (Å²) in [6, 6.07) is 9.15. The van der Waals surface area contributed by atoms with Crippen LogP contribution >= 0.6 is 0 Å². The molecule has 1 aliphatic heterocycles. The maximum absolute atomic E-state index is 13.3. The number of hydrogen-bond acceptors (Lipinski definition) is 7. The standard InChI is InChI=1S/C28H36N2O6/c1-6-7-15-36-20-10-11-21(18(2)16-20)26(32)24-25(19-9-12-22(31)23(17-19)35-5)30(28(34)27(24)33)14-8-13-29(3)4/h9-12,16-17,25,31-32H,6-8,13-15H2,1-5H3/b26-24+/t25-/m1/s1. The van der Waals surface area contributed by atoms with E-state index in [1.54, 1.807) is 24.3 Å². The molecule has 3 rings (SSSR count). The Morgan fingerprint density at radius 2 is 1.86 bits per heavy atom. The summed E-state index contributed by atoms with van der Waals surface area (Å²) in [5, 5.41) is 21.5. The van der Waals surface area contributed by atoms with Gasteiger partial charge in [0.15, 0.2) is 11.5 Å². The number of aromatic hydroxyl groups is 1. The van der Waals surface area contributed by atoms with Crippen molar-refractivity contribution in [2.24, 2.45) is 0 Å². The van der Waals surface area contributed by atoms with Crippen LogP contribution in [0.15, 0.2) is 42.0 Å². The van der Waals surface area contributed by atoms with Crippen LogP contribution in [0.25, 0.3) is 5.76 Å². The molecule has 0 radical (unpaired) electrons. The molecule has 0 unspecified atom stereocenters. The number of likely N-dealkylation sites (tertiary alicyclic amines) is 1. The number of aryl methyl sites for hydroxylation is 1. The highest BCUT2D eigenvalue weighted by molar-refractivity contribution is 6.46. The van der Waals surface area contributed by atoms with E-state index >= 15 is 0 Å². The Bertz CT molecular complexity index is 1140. The van der Waals surface area contributed by atoms with Gasteiger partial charge < -0.3 is 29.5 Å². The van der Waals surface area contributed by atoms with Crippen molar-refractivity contribution < 1.29 is 29.3 Å². The number of Topliss-reactive ketones (excluding diaryl/α,β-unsaturated/α-hetero) is 1. The Morgan fingerprint density at radius 3 is 2.50 bits per heavy atom. The maximum atomic E-state index is 13.3. The van der Waals surface area contributed by atoms with Crippen molar-refractivity contribution in [1.82, 2.24) is 9.80 Å². The summed E-state index contributed by atoms with van der Waals surface area (Å²) in [7, 11) is 5.31. The lowest BCUT2D eigenvalue weighted by Crippen LogP contribution is -2.32. The molecule has 8 nitrogen and oxygen atoms in total. The van der Waals surface area contributed by atoms with Gasteiger partial charge >= 0.3 is 0 Å². The number of phenols is 1. The van der Waals surface area contributed by atoms with Crippen LogP contribution in [0.3, 0.4) is 0 Å². The number of unbranched alkanes of at least 4 members (excludes halogenated alkanes) is 1. The van der Waals surface area contributed by atoms with Crippen LogP contribution in [0.5, 0.6) is 17.2 Å². The third-order valence-electron chi connectivity index (χ3n) is 6.28.